The third kappa shape index (κ3) is 3.41. The smallest absolute Gasteiger partial charge is 0.270 e. The molecule has 0 spiro atoms. The lowest BCUT2D eigenvalue weighted by Gasteiger charge is -2.29. The van der Waals surface area contributed by atoms with Crippen LogP contribution in [-0.2, 0) is 27.3 Å². The van der Waals surface area contributed by atoms with Crippen LogP contribution in [0.1, 0.15) is 55.7 Å². The Morgan fingerprint density at radius 1 is 1.22 bits per heavy atom. The van der Waals surface area contributed by atoms with Gasteiger partial charge in [0.05, 0.1) is 11.7 Å². The van der Waals surface area contributed by atoms with Crippen LogP contribution in [0.5, 0.6) is 0 Å². The molecule has 1 N–H and O–H groups in total. The maximum Gasteiger partial charge on any atom is 0.270 e. The number of carbonyl (C=O) groups is 3. The SMILES string of the molecule is CC(=O)N1CCc2nc([C@@H]3CCCN3C(=O)C3=NNC(=O)CC3)ncc2C1. The Hall–Kier alpha value is -2.84. The monoisotopic (exact) mass is 370 g/mol. The second-order valence-corrected chi connectivity index (χ2v) is 7.14. The van der Waals surface area contributed by atoms with E-state index >= 15 is 0 Å². The van der Waals surface area contributed by atoms with Gasteiger partial charge in [-0.2, -0.15) is 5.10 Å². The molecule has 0 aliphatic carbocycles. The molecule has 0 radical (unpaired) electrons. The van der Waals surface area contributed by atoms with Crippen molar-refractivity contribution in [3.63, 3.8) is 0 Å². The summed E-state index contributed by atoms with van der Waals surface area (Å²) >= 11 is 0. The molecular formula is C18H22N6O3. The standard InChI is InChI=1S/C18H22N6O3/c1-11(25)23-8-6-13-12(10-23)9-19-17(20-13)15-3-2-7-24(15)18(27)14-4-5-16(26)22-21-14/h9,15H,2-8,10H2,1H3,(H,22,26)/t15-/m0/s1. The first-order valence-electron chi connectivity index (χ1n) is 9.29. The largest absolute Gasteiger partial charge is 0.338 e. The zero-order valence-corrected chi connectivity index (χ0v) is 15.3. The number of nitrogens with zero attached hydrogens (tertiary/aromatic N) is 5. The fourth-order valence-corrected chi connectivity index (χ4v) is 3.83. The van der Waals surface area contributed by atoms with Gasteiger partial charge in [-0.25, -0.2) is 15.4 Å². The molecule has 0 bridgehead atoms. The molecule has 4 heterocycles. The minimum absolute atomic E-state index is 0.0534. The van der Waals surface area contributed by atoms with Gasteiger partial charge in [-0.15, -0.1) is 0 Å². The fourth-order valence-electron chi connectivity index (χ4n) is 3.83. The van der Waals surface area contributed by atoms with Gasteiger partial charge < -0.3 is 9.80 Å². The molecule has 1 fully saturated rings. The normalized spacial score (nSPS) is 22.2. The third-order valence-corrected chi connectivity index (χ3v) is 5.36. The van der Waals surface area contributed by atoms with Crippen molar-refractivity contribution in [2.24, 2.45) is 5.10 Å². The Labute approximate surface area is 156 Å². The quantitative estimate of drug-likeness (QED) is 0.806. The van der Waals surface area contributed by atoms with Crippen LogP contribution in [-0.4, -0.2) is 56.3 Å². The first-order chi connectivity index (χ1) is 13.0. The minimum atomic E-state index is -0.172. The Balaban J connectivity index is 1.53. The molecule has 3 aliphatic rings. The maximum absolute atomic E-state index is 12.8. The highest BCUT2D eigenvalue weighted by Crippen LogP contribution is 2.31. The van der Waals surface area contributed by atoms with Gasteiger partial charge in [0.25, 0.3) is 5.91 Å². The number of aromatic nitrogens is 2. The van der Waals surface area contributed by atoms with E-state index in [0.29, 0.717) is 44.0 Å². The minimum Gasteiger partial charge on any atom is -0.338 e. The summed E-state index contributed by atoms with van der Waals surface area (Å²) in [5.74, 6) is 0.387. The Morgan fingerprint density at radius 3 is 2.81 bits per heavy atom. The van der Waals surface area contributed by atoms with Crippen LogP contribution in [0.4, 0.5) is 0 Å². The van der Waals surface area contributed by atoms with Gasteiger partial charge in [0.1, 0.15) is 5.71 Å². The number of hydrogen-bond donors (Lipinski definition) is 1. The predicted molar refractivity (Wildman–Crippen MR) is 95.3 cm³/mol. The average molecular weight is 370 g/mol. The summed E-state index contributed by atoms with van der Waals surface area (Å²) in [6.45, 7) is 3.39. The Kier molecular flexibility index (Phi) is 4.59. The molecular weight excluding hydrogens is 348 g/mol. The van der Waals surface area contributed by atoms with Gasteiger partial charge in [-0.05, 0) is 12.8 Å². The molecule has 9 heteroatoms. The van der Waals surface area contributed by atoms with Crippen molar-refractivity contribution in [2.45, 2.75) is 51.6 Å². The van der Waals surface area contributed by atoms with Crippen molar-refractivity contribution >= 4 is 23.4 Å². The molecule has 4 rings (SSSR count). The molecule has 0 aromatic carbocycles. The Morgan fingerprint density at radius 2 is 2.07 bits per heavy atom. The lowest BCUT2D eigenvalue weighted by Crippen LogP contribution is -2.40. The van der Waals surface area contributed by atoms with Crippen LogP contribution in [0.15, 0.2) is 11.3 Å². The van der Waals surface area contributed by atoms with E-state index in [1.54, 1.807) is 22.9 Å². The van der Waals surface area contributed by atoms with E-state index in [-0.39, 0.29) is 30.2 Å². The molecule has 3 amide bonds. The fraction of sp³-hybridized carbons (Fsp3) is 0.556. The van der Waals surface area contributed by atoms with E-state index in [0.717, 1.165) is 24.1 Å². The summed E-state index contributed by atoms with van der Waals surface area (Å²) < 4.78 is 0. The topological polar surface area (TPSA) is 108 Å². The number of amides is 3. The molecule has 1 atom stereocenters. The van der Waals surface area contributed by atoms with Gasteiger partial charge in [-0.3, -0.25) is 14.4 Å². The van der Waals surface area contributed by atoms with Gasteiger partial charge >= 0.3 is 0 Å². The zero-order valence-electron chi connectivity index (χ0n) is 15.3. The summed E-state index contributed by atoms with van der Waals surface area (Å²) in [5.41, 5.74) is 4.69. The van der Waals surface area contributed by atoms with Crippen molar-refractivity contribution in [1.82, 2.24) is 25.2 Å². The zero-order chi connectivity index (χ0) is 19.0. The summed E-state index contributed by atoms with van der Waals surface area (Å²) in [6.07, 6.45) is 4.82. The van der Waals surface area contributed by atoms with Crippen LogP contribution in [0, 0.1) is 0 Å². The van der Waals surface area contributed by atoms with E-state index in [1.165, 1.54) is 0 Å². The first kappa shape index (κ1) is 17.6. The van der Waals surface area contributed by atoms with E-state index in [9.17, 15) is 14.4 Å². The van der Waals surface area contributed by atoms with Crippen LogP contribution in [0.2, 0.25) is 0 Å². The molecule has 142 valence electrons. The second kappa shape index (κ2) is 7.05. The van der Waals surface area contributed by atoms with Crippen LogP contribution < -0.4 is 5.43 Å². The molecule has 9 nitrogen and oxygen atoms in total. The molecule has 1 aromatic rings. The highest BCUT2D eigenvalue weighted by Gasteiger charge is 2.35. The van der Waals surface area contributed by atoms with E-state index < -0.39 is 0 Å². The van der Waals surface area contributed by atoms with E-state index in [1.807, 2.05) is 0 Å². The summed E-state index contributed by atoms with van der Waals surface area (Å²) in [6, 6.07) is -0.172. The van der Waals surface area contributed by atoms with Crippen molar-refractivity contribution in [3.8, 4) is 0 Å². The van der Waals surface area contributed by atoms with Gasteiger partial charge in [0.15, 0.2) is 5.82 Å². The van der Waals surface area contributed by atoms with Crippen molar-refractivity contribution in [3.05, 3.63) is 23.3 Å². The van der Waals surface area contributed by atoms with Crippen molar-refractivity contribution < 1.29 is 14.4 Å². The number of hydrogen-bond acceptors (Lipinski definition) is 6. The highest BCUT2D eigenvalue weighted by molar-refractivity contribution is 6.39. The van der Waals surface area contributed by atoms with E-state index in [4.69, 9.17) is 4.98 Å². The summed E-state index contributed by atoms with van der Waals surface area (Å²) in [7, 11) is 0. The predicted octanol–water partition coefficient (Wildman–Crippen LogP) is 0.311. The lowest BCUT2D eigenvalue weighted by molar-refractivity contribution is -0.130. The number of nitrogens with one attached hydrogen (secondary N) is 1. The molecule has 27 heavy (non-hydrogen) atoms. The number of carbonyl (C=O) groups excluding carboxylic acids is 3. The average Bonchev–Trinajstić information content (AvgIpc) is 3.17. The number of rotatable bonds is 2. The van der Waals surface area contributed by atoms with E-state index in [2.05, 4.69) is 15.5 Å². The molecule has 0 unspecified atom stereocenters. The first-order valence-corrected chi connectivity index (χ1v) is 9.29. The van der Waals surface area contributed by atoms with Gasteiger partial charge in [0.2, 0.25) is 11.8 Å². The van der Waals surface area contributed by atoms with Crippen LogP contribution in [0.25, 0.3) is 0 Å². The van der Waals surface area contributed by atoms with Gasteiger partial charge in [0, 0.05) is 57.6 Å². The van der Waals surface area contributed by atoms with Crippen molar-refractivity contribution in [1.29, 1.82) is 0 Å². The van der Waals surface area contributed by atoms with Crippen LogP contribution in [0.3, 0.4) is 0 Å². The summed E-state index contributed by atoms with van der Waals surface area (Å²) in [5, 5.41) is 3.93. The molecule has 1 aromatic heterocycles. The van der Waals surface area contributed by atoms with Crippen LogP contribution >= 0.6 is 0 Å². The lowest BCUT2D eigenvalue weighted by atomic mass is 10.1. The molecule has 1 saturated heterocycles. The maximum atomic E-state index is 12.8. The van der Waals surface area contributed by atoms with Gasteiger partial charge in [-0.1, -0.05) is 0 Å². The molecule has 3 aliphatic heterocycles. The third-order valence-electron chi connectivity index (χ3n) is 5.36. The Bertz CT molecular complexity index is 836. The second-order valence-electron chi connectivity index (χ2n) is 7.14. The summed E-state index contributed by atoms with van der Waals surface area (Å²) in [4.78, 5) is 48.5. The number of hydrazone groups is 1. The number of fused-ring (bicyclic) bond motifs is 1. The number of likely N-dealkylation sites (tertiary alicyclic amines) is 1. The molecule has 0 saturated carbocycles. The van der Waals surface area contributed by atoms with Crippen molar-refractivity contribution in [2.75, 3.05) is 13.1 Å². The highest BCUT2D eigenvalue weighted by atomic mass is 16.2.